The van der Waals surface area contributed by atoms with Crippen molar-refractivity contribution >= 4 is 40.9 Å². The molecule has 3 heterocycles. The monoisotopic (exact) mass is 525 g/mol. The number of hydrazine groups is 1. The Morgan fingerprint density at radius 2 is 1.92 bits per heavy atom. The Kier molecular flexibility index (Phi) is 7.35. The molecule has 2 aromatic rings. The number of ether oxygens (including phenoxy) is 1. The van der Waals surface area contributed by atoms with E-state index in [4.69, 9.17) is 16.3 Å². The van der Waals surface area contributed by atoms with Gasteiger partial charge in [-0.25, -0.2) is 24.1 Å². The molecule has 0 saturated carbocycles. The lowest BCUT2D eigenvalue weighted by atomic mass is 10.2. The minimum absolute atomic E-state index is 0.00211. The van der Waals surface area contributed by atoms with E-state index >= 15 is 8.78 Å². The fraction of sp³-hybridized carbons (Fsp3) is 0.381. The average Bonchev–Trinajstić information content (AvgIpc) is 3.03. The third-order valence-corrected chi connectivity index (χ3v) is 5.80. The van der Waals surface area contributed by atoms with Gasteiger partial charge in [0.15, 0.2) is 11.6 Å². The number of amides is 3. The van der Waals surface area contributed by atoms with E-state index in [1.165, 1.54) is 16.8 Å². The molecule has 36 heavy (non-hydrogen) atoms. The highest BCUT2D eigenvalue weighted by atomic mass is 35.5. The number of cyclic esters (lactones) is 1. The summed E-state index contributed by atoms with van der Waals surface area (Å²) in [5, 5.41) is 9.26. The van der Waals surface area contributed by atoms with Crippen LogP contribution in [0.2, 0.25) is 5.15 Å². The molecule has 2 aliphatic rings. The SMILES string of the molecule is CC(=O)NC[C@H]1CN(c2cc(F)c(N3CCNN(C(=O)c4cc(Cl)n[nH]c4=O)CC3)c(F)c2)C(=O)O1. The van der Waals surface area contributed by atoms with E-state index in [0.717, 1.165) is 23.1 Å². The van der Waals surface area contributed by atoms with Gasteiger partial charge < -0.3 is 15.0 Å². The molecule has 2 fully saturated rings. The number of halogens is 3. The van der Waals surface area contributed by atoms with Crippen LogP contribution in [0.3, 0.4) is 0 Å². The summed E-state index contributed by atoms with van der Waals surface area (Å²) in [5.74, 6) is -2.77. The Hall–Kier alpha value is -3.78. The van der Waals surface area contributed by atoms with Gasteiger partial charge in [0.05, 0.1) is 25.3 Å². The van der Waals surface area contributed by atoms with Crippen molar-refractivity contribution < 1.29 is 27.9 Å². The maximum atomic E-state index is 15.1. The van der Waals surface area contributed by atoms with E-state index in [9.17, 15) is 19.2 Å². The molecule has 192 valence electrons. The Morgan fingerprint density at radius 1 is 1.19 bits per heavy atom. The molecule has 4 rings (SSSR count). The fourth-order valence-electron chi connectivity index (χ4n) is 3.92. The number of hydrogen-bond donors (Lipinski definition) is 3. The lowest BCUT2D eigenvalue weighted by Gasteiger charge is -2.25. The van der Waals surface area contributed by atoms with Gasteiger partial charge in [0.2, 0.25) is 5.91 Å². The minimum atomic E-state index is -0.903. The van der Waals surface area contributed by atoms with E-state index in [1.54, 1.807) is 0 Å². The molecule has 0 aliphatic carbocycles. The summed E-state index contributed by atoms with van der Waals surface area (Å²) in [6.45, 7) is 1.75. The molecule has 3 N–H and O–H groups in total. The topological polar surface area (TPSA) is 140 Å². The van der Waals surface area contributed by atoms with E-state index in [0.29, 0.717) is 0 Å². The van der Waals surface area contributed by atoms with Crippen molar-refractivity contribution in [2.45, 2.75) is 13.0 Å². The van der Waals surface area contributed by atoms with E-state index in [-0.39, 0.29) is 67.3 Å². The molecule has 2 saturated heterocycles. The normalized spacial score (nSPS) is 18.2. The van der Waals surface area contributed by atoms with Crippen LogP contribution in [0.25, 0.3) is 0 Å². The van der Waals surface area contributed by atoms with Crippen LogP contribution in [-0.4, -0.2) is 78.5 Å². The van der Waals surface area contributed by atoms with Gasteiger partial charge in [0, 0.05) is 38.7 Å². The molecular formula is C21H22ClF2N7O5. The Bertz CT molecular complexity index is 1240. The zero-order valence-corrected chi connectivity index (χ0v) is 19.8. The third kappa shape index (κ3) is 5.39. The first-order valence-electron chi connectivity index (χ1n) is 10.9. The summed E-state index contributed by atoms with van der Waals surface area (Å²) in [7, 11) is 0. The summed E-state index contributed by atoms with van der Waals surface area (Å²) < 4.78 is 35.3. The lowest BCUT2D eigenvalue weighted by Crippen LogP contribution is -2.45. The number of carbonyl (C=O) groups excluding carboxylic acids is 3. The Balaban J connectivity index is 1.47. The highest BCUT2D eigenvalue weighted by Crippen LogP contribution is 2.31. The van der Waals surface area contributed by atoms with Gasteiger partial charge in [0.1, 0.15) is 22.5 Å². The molecule has 3 amide bonds. The van der Waals surface area contributed by atoms with Crippen LogP contribution in [0.1, 0.15) is 17.3 Å². The maximum Gasteiger partial charge on any atom is 0.414 e. The lowest BCUT2D eigenvalue weighted by molar-refractivity contribution is -0.119. The largest absolute Gasteiger partial charge is 0.442 e. The van der Waals surface area contributed by atoms with Crippen LogP contribution in [0.5, 0.6) is 0 Å². The molecule has 2 aliphatic heterocycles. The molecule has 0 spiro atoms. The van der Waals surface area contributed by atoms with E-state index in [2.05, 4.69) is 20.9 Å². The first-order valence-corrected chi connectivity index (χ1v) is 11.3. The summed E-state index contributed by atoms with van der Waals surface area (Å²) in [4.78, 5) is 50.5. The number of rotatable bonds is 5. The molecule has 1 aromatic carbocycles. The van der Waals surface area contributed by atoms with Crippen LogP contribution in [0, 0.1) is 11.6 Å². The Labute approximate surface area is 208 Å². The van der Waals surface area contributed by atoms with Crippen LogP contribution in [0.15, 0.2) is 23.0 Å². The number of anilines is 2. The van der Waals surface area contributed by atoms with Crippen molar-refractivity contribution in [3.63, 3.8) is 0 Å². The molecule has 0 unspecified atom stereocenters. The van der Waals surface area contributed by atoms with Gasteiger partial charge in [-0.05, 0) is 6.07 Å². The van der Waals surface area contributed by atoms with Crippen molar-refractivity contribution in [1.82, 2.24) is 25.9 Å². The number of aromatic amines is 1. The summed E-state index contributed by atoms with van der Waals surface area (Å²) in [6.07, 6.45) is -1.44. The van der Waals surface area contributed by atoms with Crippen molar-refractivity contribution in [3.8, 4) is 0 Å². The number of aromatic nitrogens is 2. The molecule has 12 nitrogen and oxygen atoms in total. The van der Waals surface area contributed by atoms with Gasteiger partial charge in [-0.3, -0.25) is 24.3 Å². The number of nitrogens with zero attached hydrogens (tertiary/aromatic N) is 4. The highest BCUT2D eigenvalue weighted by Gasteiger charge is 2.34. The zero-order valence-electron chi connectivity index (χ0n) is 19.0. The number of H-pyrrole nitrogens is 1. The molecule has 0 bridgehead atoms. The quantitative estimate of drug-likeness (QED) is 0.516. The smallest absolute Gasteiger partial charge is 0.414 e. The summed E-state index contributed by atoms with van der Waals surface area (Å²) in [6, 6.07) is 3.19. The van der Waals surface area contributed by atoms with Crippen LogP contribution < -0.4 is 26.1 Å². The molecule has 1 aromatic heterocycles. The maximum absolute atomic E-state index is 15.1. The van der Waals surface area contributed by atoms with Crippen molar-refractivity contribution in [2.75, 3.05) is 49.1 Å². The van der Waals surface area contributed by atoms with Gasteiger partial charge in [-0.2, -0.15) is 5.10 Å². The second-order valence-corrected chi connectivity index (χ2v) is 8.48. The van der Waals surface area contributed by atoms with Crippen LogP contribution in [-0.2, 0) is 9.53 Å². The zero-order chi connectivity index (χ0) is 26.0. The van der Waals surface area contributed by atoms with Gasteiger partial charge in [-0.1, -0.05) is 11.6 Å². The van der Waals surface area contributed by atoms with Gasteiger partial charge in [-0.15, -0.1) is 0 Å². The third-order valence-electron chi connectivity index (χ3n) is 5.61. The number of benzene rings is 1. The number of nitrogens with one attached hydrogen (secondary N) is 3. The van der Waals surface area contributed by atoms with Gasteiger partial charge in [0.25, 0.3) is 11.5 Å². The van der Waals surface area contributed by atoms with Gasteiger partial charge >= 0.3 is 6.09 Å². The van der Waals surface area contributed by atoms with E-state index < -0.39 is 35.3 Å². The van der Waals surface area contributed by atoms with Crippen molar-refractivity contribution in [1.29, 1.82) is 0 Å². The predicted molar refractivity (Wildman–Crippen MR) is 124 cm³/mol. The second kappa shape index (κ2) is 10.5. The second-order valence-electron chi connectivity index (χ2n) is 8.10. The first kappa shape index (κ1) is 25.3. The fourth-order valence-corrected chi connectivity index (χ4v) is 4.07. The van der Waals surface area contributed by atoms with Crippen LogP contribution >= 0.6 is 11.6 Å². The van der Waals surface area contributed by atoms with Crippen molar-refractivity contribution in [3.05, 3.63) is 50.9 Å². The van der Waals surface area contributed by atoms with Crippen molar-refractivity contribution in [2.24, 2.45) is 0 Å². The molecule has 0 radical (unpaired) electrons. The molecular weight excluding hydrogens is 504 g/mol. The van der Waals surface area contributed by atoms with Crippen LogP contribution in [0.4, 0.5) is 25.0 Å². The number of carbonyl (C=O) groups is 3. The molecule has 15 heteroatoms. The Morgan fingerprint density at radius 3 is 2.61 bits per heavy atom. The minimum Gasteiger partial charge on any atom is -0.442 e. The highest BCUT2D eigenvalue weighted by molar-refractivity contribution is 6.29. The number of hydrogen-bond acceptors (Lipinski definition) is 8. The standard InChI is InChI=1S/C21H22ClF2N7O5/c1-11(32)25-9-13-10-30(21(35)36-13)12-6-15(23)18(16(24)7-12)29-3-2-26-31(5-4-29)20(34)14-8-17(22)27-28-19(14)33/h6-8,13,26H,2-5,9-10H2,1H3,(H,25,32)(H,28,33)/t13-/m0/s1. The summed E-state index contributed by atoms with van der Waals surface area (Å²) >= 11 is 5.76. The predicted octanol–water partition coefficient (Wildman–Crippen LogP) is 0.630. The first-order chi connectivity index (χ1) is 17.1. The van der Waals surface area contributed by atoms with E-state index in [1.807, 2.05) is 0 Å². The average molecular weight is 526 g/mol. The molecule has 1 atom stereocenters. The summed E-state index contributed by atoms with van der Waals surface area (Å²) in [5.41, 5.74) is 1.54.